The number of halogens is 1. The molecule has 166 valence electrons. The number of benzene rings is 2. The van der Waals surface area contributed by atoms with E-state index in [1.807, 2.05) is 37.3 Å². The van der Waals surface area contributed by atoms with Gasteiger partial charge in [-0.25, -0.2) is 8.42 Å². The van der Waals surface area contributed by atoms with Crippen molar-refractivity contribution < 1.29 is 22.7 Å². The minimum absolute atomic E-state index is 0.169. The van der Waals surface area contributed by atoms with Crippen LogP contribution in [0.3, 0.4) is 0 Å². The minimum Gasteiger partial charge on any atom is -0.455 e. The maximum atomic E-state index is 12.7. The molecule has 0 aliphatic carbocycles. The number of esters is 1. The van der Waals surface area contributed by atoms with Crippen LogP contribution in [0.25, 0.3) is 0 Å². The molecule has 1 aliphatic heterocycles. The molecule has 7 nitrogen and oxygen atoms in total. The second-order valence-corrected chi connectivity index (χ2v) is 9.81. The van der Waals surface area contributed by atoms with Gasteiger partial charge in [0.15, 0.2) is 6.61 Å². The third kappa shape index (κ3) is 6.06. The predicted molar refractivity (Wildman–Crippen MR) is 117 cm³/mol. The van der Waals surface area contributed by atoms with Gasteiger partial charge in [0, 0.05) is 18.1 Å². The number of amides is 1. The number of hydrogen-bond donors (Lipinski definition) is 1. The molecule has 31 heavy (non-hydrogen) atoms. The van der Waals surface area contributed by atoms with Crippen LogP contribution in [0.5, 0.6) is 0 Å². The fraction of sp³-hybridized carbons (Fsp3) is 0.364. The average molecular weight is 465 g/mol. The van der Waals surface area contributed by atoms with E-state index in [2.05, 4.69) is 5.32 Å². The molecule has 1 heterocycles. The van der Waals surface area contributed by atoms with Crippen LogP contribution in [0.1, 0.15) is 31.4 Å². The Morgan fingerprint density at radius 1 is 1.10 bits per heavy atom. The molecule has 1 unspecified atom stereocenters. The normalized spacial score (nSPS) is 16.5. The van der Waals surface area contributed by atoms with Crippen LogP contribution in [-0.2, 0) is 24.3 Å². The van der Waals surface area contributed by atoms with Crippen molar-refractivity contribution in [2.75, 3.05) is 19.7 Å². The summed E-state index contributed by atoms with van der Waals surface area (Å²) in [7, 11) is -3.64. The number of sulfonamides is 1. The van der Waals surface area contributed by atoms with E-state index in [1.165, 1.54) is 28.6 Å². The van der Waals surface area contributed by atoms with Gasteiger partial charge in [0.2, 0.25) is 10.0 Å². The molecule has 1 atom stereocenters. The van der Waals surface area contributed by atoms with Gasteiger partial charge in [-0.1, -0.05) is 41.9 Å². The second-order valence-electron chi connectivity index (χ2n) is 7.44. The van der Waals surface area contributed by atoms with Gasteiger partial charge >= 0.3 is 5.97 Å². The summed E-state index contributed by atoms with van der Waals surface area (Å²) < 4.78 is 32.0. The van der Waals surface area contributed by atoms with Crippen molar-refractivity contribution in [3.05, 3.63) is 65.2 Å². The van der Waals surface area contributed by atoms with Gasteiger partial charge in [0.1, 0.15) is 0 Å². The second kappa shape index (κ2) is 10.3. The van der Waals surface area contributed by atoms with E-state index < -0.39 is 21.9 Å². The monoisotopic (exact) mass is 464 g/mol. The number of piperidine rings is 1. The number of hydrogen-bond acceptors (Lipinski definition) is 5. The molecule has 2 aromatic carbocycles. The largest absolute Gasteiger partial charge is 0.455 e. The lowest BCUT2D eigenvalue weighted by Gasteiger charge is -2.30. The molecule has 0 aromatic heterocycles. The van der Waals surface area contributed by atoms with Crippen LogP contribution in [0.15, 0.2) is 59.5 Å². The maximum Gasteiger partial charge on any atom is 0.309 e. The van der Waals surface area contributed by atoms with Gasteiger partial charge < -0.3 is 10.1 Å². The van der Waals surface area contributed by atoms with Crippen molar-refractivity contribution in [1.82, 2.24) is 9.62 Å². The number of carbonyl (C=O) groups is 2. The van der Waals surface area contributed by atoms with E-state index in [-0.39, 0.29) is 36.5 Å². The summed E-state index contributed by atoms with van der Waals surface area (Å²) in [6.07, 6.45) is 0.682. The molecular formula is C22H25ClN2O5S. The van der Waals surface area contributed by atoms with Crippen LogP contribution in [-0.4, -0.2) is 44.3 Å². The first-order chi connectivity index (χ1) is 14.8. The van der Waals surface area contributed by atoms with Gasteiger partial charge in [-0.3, -0.25) is 9.59 Å². The molecule has 0 radical (unpaired) electrons. The van der Waals surface area contributed by atoms with Crippen molar-refractivity contribution >= 4 is 33.5 Å². The van der Waals surface area contributed by atoms with Gasteiger partial charge in [0.05, 0.1) is 16.9 Å². The molecule has 9 heteroatoms. The first-order valence-corrected chi connectivity index (χ1v) is 11.9. The van der Waals surface area contributed by atoms with E-state index in [0.29, 0.717) is 17.9 Å². The first-order valence-electron chi connectivity index (χ1n) is 10.0. The third-order valence-electron chi connectivity index (χ3n) is 5.26. The zero-order chi connectivity index (χ0) is 22.4. The highest BCUT2D eigenvalue weighted by molar-refractivity contribution is 7.89. The lowest BCUT2D eigenvalue weighted by atomic mass is 9.98. The van der Waals surface area contributed by atoms with Gasteiger partial charge in [-0.15, -0.1) is 0 Å². The van der Waals surface area contributed by atoms with Gasteiger partial charge in [0.25, 0.3) is 5.91 Å². The van der Waals surface area contributed by atoms with E-state index in [0.717, 1.165) is 5.56 Å². The minimum atomic E-state index is -3.64. The molecule has 3 rings (SSSR count). The van der Waals surface area contributed by atoms with E-state index >= 15 is 0 Å². The van der Waals surface area contributed by atoms with E-state index in [1.54, 1.807) is 0 Å². The van der Waals surface area contributed by atoms with Crippen LogP contribution in [0, 0.1) is 5.92 Å². The summed E-state index contributed by atoms with van der Waals surface area (Å²) >= 11 is 5.82. The maximum absolute atomic E-state index is 12.7. The average Bonchev–Trinajstić information content (AvgIpc) is 2.78. The standard InChI is InChI=1S/C22H25ClN2O5S/c1-16(17-5-3-2-4-6-17)24-21(26)15-30-22(27)18-11-13-25(14-12-18)31(28,29)20-9-7-19(23)8-10-20/h2-10,16,18H,11-15H2,1H3,(H,24,26). The lowest BCUT2D eigenvalue weighted by Crippen LogP contribution is -2.41. The first kappa shape index (κ1) is 23.2. The number of rotatable bonds is 7. The molecule has 0 bridgehead atoms. The Balaban J connectivity index is 1.45. The molecule has 2 aromatic rings. The zero-order valence-electron chi connectivity index (χ0n) is 17.2. The Bertz CT molecular complexity index is 1000. The van der Waals surface area contributed by atoms with Gasteiger partial charge in [-0.2, -0.15) is 4.31 Å². The summed E-state index contributed by atoms with van der Waals surface area (Å²) in [5.74, 6) is -1.30. The molecule has 0 saturated carbocycles. The summed E-state index contributed by atoms with van der Waals surface area (Å²) in [6.45, 7) is 1.91. The summed E-state index contributed by atoms with van der Waals surface area (Å²) in [4.78, 5) is 24.6. The van der Waals surface area contributed by atoms with Crippen molar-refractivity contribution in [3.8, 4) is 0 Å². The van der Waals surface area contributed by atoms with Gasteiger partial charge in [-0.05, 0) is 49.6 Å². The van der Waals surface area contributed by atoms with E-state index in [4.69, 9.17) is 16.3 Å². The Morgan fingerprint density at radius 2 is 1.71 bits per heavy atom. The molecule has 1 fully saturated rings. The fourth-order valence-electron chi connectivity index (χ4n) is 3.45. The Labute approximate surface area is 187 Å². The summed E-state index contributed by atoms with van der Waals surface area (Å²) in [5, 5.41) is 3.25. The quantitative estimate of drug-likeness (QED) is 0.635. The van der Waals surface area contributed by atoms with Crippen LogP contribution >= 0.6 is 11.6 Å². The van der Waals surface area contributed by atoms with Crippen molar-refractivity contribution in [1.29, 1.82) is 0 Å². The van der Waals surface area contributed by atoms with Crippen LogP contribution in [0.4, 0.5) is 0 Å². The predicted octanol–water partition coefficient (Wildman–Crippen LogP) is 3.16. The molecule has 1 N–H and O–H groups in total. The molecule has 1 amide bonds. The Morgan fingerprint density at radius 3 is 2.32 bits per heavy atom. The van der Waals surface area contributed by atoms with Crippen LogP contribution in [0.2, 0.25) is 5.02 Å². The molecular weight excluding hydrogens is 440 g/mol. The molecule has 1 aliphatic rings. The zero-order valence-corrected chi connectivity index (χ0v) is 18.7. The van der Waals surface area contributed by atoms with Crippen molar-refractivity contribution in [2.45, 2.75) is 30.7 Å². The highest BCUT2D eigenvalue weighted by atomic mass is 35.5. The number of nitrogens with one attached hydrogen (secondary N) is 1. The third-order valence-corrected chi connectivity index (χ3v) is 7.43. The van der Waals surface area contributed by atoms with Crippen molar-refractivity contribution in [3.63, 3.8) is 0 Å². The Kier molecular flexibility index (Phi) is 7.69. The summed E-state index contributed by atoms with van der Waals surface area (Å²) in [6, 6.07) is 15.3. The lowest BCUT2D eigenvalue weighted by molar-refractivity contribution is -0.153. The smallest absolute Gasteiger partial charge is 0.309 e. The molecule has 0 spiro atoms. The number of carbonyl (C=O) groups excluding carboxylic acids is 2. The highest BCUT2D eigenvalue weighted by Gasteiger charge is 2.33. The van der Waals surface area contributed by atoms with Crippen molar-refractivity contribution in [2.24, 2.45) is 5.92 Å². The number of nitrogens with zero attached hydrogens (tertiary/aromatic N) is 1. The Hall–Kier alpha value is -2.42. The SMILES string of the molecule is CC(NC(=O)COC(=O)C1CCN(S(=O)(=O)c2ccc(Cl)cc2)CC1)c1ccccc1. The topological polar surface area (TPSA) is 92.8 Å². The van der Waals surface area contributed by atoms with Crippen LogP contribution < -0.4 is 5.32 Å². The van der Waals surface area contributed by atoms with E-state index in [9.17, 15) is 18.0 Å². The fourth-order valence-corrected chi connectivity index (χ4v) is 5.05. The molecule has 1 saturated heterocycles. The highest BCUT2D eigenvalue weighted by Crippen LogP contribution is 2.25. The number of ether oxygens (including phenoxy) is 1. The summed E-state index contributed by atoms with van der Waals surface area (Å²) in [5.41, 5.74) is 0.955.